The van der Waals surface area contributed by atoms with E-state index < -0.39 is 11.5 Å². The van der Waals surface area contributed by atoms with Gasteiger partial charge in [-0.25, -0.2) is 4.79 Å². The third kappa shape index (κ3) is 4.42. The molecule has 0 bridgehead atoms. The lowest BCUT2D eigenvalue weighted by atomic mass is 10.1. The molecule has 110 valence electrons. The van der Waals surface area contributed by atoms with Crippen LogP contribution in [-0.4, -0.2) is 16.6 Å². The number of nitrogens with one attached hydrogen (secondary N) is 1. The van der Waals surface area contributed by atoms with E-state index >= 15 is 0 Å². The van der Waals surface area contributed by atoms with Gasteiger partial charge in [0.15, 0.2) is 0 Å². The average molecular weight is 313 g/mol. The fourth-order valence-corrected chi connectivity index (χ4v) is 2.30. The highest BCUT2D eigenvalue weighted by Crippen LogP contribution is 2.37. The molecule has 0 amide bonds. The number of benzene rings is 2. The number of anilines is 2. The minimum Gasteiger partial charge on any atom is -0.478 e. The summed E-state index contributed by atoms with van der Waals surface area (Å²) in [7, 11) is 0. The molecule has 0 saturated carbocycles. The monoisotopic (exact) mass is 313 g/mol. The summed E-state index contributed by atoms with van der Waals surface area (Å²) in [4.78, 5) is 11.1. The Hall–Kier alpha value is -2.15. The number of carboxylic acid groups (broad SMARTS) is 1. The second kappa shape index (κ2) is 6.09. The van der Waals surface area contributed by atoms with E-state index in [1.54, 1.807) is 24.3 Å². The van der Waals surface area contributed by atoms with Crippen molar-refractivity contribution in [2.24, 2.45) is 0 Å². The SMILES string of the molecule is O=C(O)c1ccccc1Nc1cccc(SC(F)(F)F)c1. The fourth-order valence-electron chi connectivity index (χ4n) is 1.71. The van der Waals surface area contributed by atoms with Crippen LogP contribution in [-0.2, 0) is 0 Å². The fraction of sp³-hybridized carbons (Fsp3) is 0.0714. The van der Waals surface area contributed by atoms with E-state index in [1.807, 2.05) is 0 Å². The van der Waals surface area contributed by atoms with Crippen LogP contribution in [0, 0.1) is 0 Å². The van der Waals surface area contributed by atoms with Crippen molar-refractivity contribution in [1.29, 1.82) is 0 Å². The van der Waals surface area contributed by atoms with Gasteiger partial charge < -0.3 is 10.4 Å². The first-order chi connectivity index (χ1) is 9.85. The van der Waals surface area contributed by atoms with Crippen LogP contribution in [0.4, 0.5) is 24.5 Å². The van der Waals surface area contributed by atoms with Crippen LogP contribution in [0.15, 0.2) is 53.4 Å². The van der Waals surface area contributed by atoms with E-state index in [-0.39, 0.29) is 22.2 Å². The van der Waals surface area contributed by atoms with Gasteiger partial charge in [-0.2, -0.15) is 13.2 Å². The molecule has 2 aromatic carbocycles. The van der Waals surface area contributed by atoms with Crippen molar-refractivity contribution < 1.29 is 23.1 Å². The van der Waals surface area contributed by atoms with Crippen LogP contribution >= 0.6 is 11.8 Å². The van der Waals surface area contributed by atoms with Crippen molar-refractivity contribution in [2.75, 3.05) is 5.32 Å². The third-order valence-electron chi connectivity index (χ3n) is 2.50. The van der Waals surface area contributed by atoms with Gasteiger partial charge in [-0.15, -0.1) is 0 Å². The van der Waals surface area contributed by atoms with E-state index in [0.717, 1.165) is 0 Å². The van der Waals surface area contributed by atoms with Crippen LogP contribution in [0.2, 0.25) is 0 Å². The van der Waals surface area contributed by atoms with E-state index in [9.17, 15) is 18.0 Å². The van der Waals surface area contributed by atoms with Crippen molar-refractivity contribution in [1.82, 2.24) is 0 Å². The maximum Gasteiger partial charge on any atom is 0.446 e. The van der Waals surface area contributed by atoms with Crippen LogP contribution in [0.3, 0.4) is 0 Å². The smallest absolute Gasteiger partial charge is 0.446 e. The number of hydrogen-bond acceptors (Lipinski definition) is 3. The van der Waals surface area contributed by atoms with Crippen LogP contribution in [0.5, 0.6) is 0 Å². The zero-order valence-electron chi connectivity index (χ0n) is 10.5. The molecule has 3 nitrogen and oxygen atoms in total. The summed E-state index contributed by atoms with van der Waals surface area (Å²) in [6.07, 6.45) is 0. The zero-order chi connectivity index (χ0) is 15.5. The number of halogens is 3. The number of alkyl halides is 3. The summed E-state index contributed by atoms with van der Waals surface area (Å²) in [6.45, 7) is 0. The molecule has 2 aromatic rings. The number of rotatable bonds is 4. The molecule has 7 heteroatoms. The van der Waals surface area contributed by atoms with Crippen molar-refractivity contribution in [3.8, 4) is 0 Å². The first-order valence-electron chi connectivity index (χ1n) is 5.80. The van der Waals surface area contributed by atoms with E-state index in [4.69, 9.17) is 5.11 Å². The van der Waals surface area contributed by atoms with Gasteiger partial charge in [-0.1, -0.05) is 18.2 Å². The normalized spacial score (nSPS) is 11.2. The average Bonchev–Trinajstić information content (AvgIpc) is 2.37. The molecule has 0 unspecified atom stereocenters. The molecule has 0 atom stereocenters. The molecule has 0 fully saturated rings. The molecule has 21 heavy (non-hydrogen) atoms. The lowest BCUT2D eigenvalue weighted by Crippen LogP contribution is -2.02. The highest BCUT2D eigenvalue weighted by Gasteiger charge is 2.29. The molecule has 0 radical (unpaired) electrons. The van der Waals surface area contributed by atoms with Crippen molar-refractivity contribution in [3.05, 3.63) is 54.1 Å². The Morgan fingerprint density at radius 3 is 2.48 bits per heavy atom. The molecule has 2 rings (SSSR count). The lowest BCUT2D eigenvalue weighted by Gasteiger charge is -2.11. The molecule has 0 aliphatic rings. The maximum absolute atomic E-state index is 12.3. The van der Waals surface area contributed by atoms with Gasteiger partial charge in [-0.05, 0) is 42.1 Å². The third-order valence-corrected chi connectivity index (χ3v) is 3.23. The van der Waals surface area contributed by atoms with Crippen LogP contribution < -0.4 is 5.32 Å². The van der Waals surface area contributed by atoms with E-state index in [2.05, 4.69) is 5.32 Å². The van der Waals surface area contributed by atoms with Gasteiger partial charge >= 0.3 is 11.5 Å². The second-order valence-electron chi connectivity index (χ2n) is 4.05. The summed E-state index contributed by atoms with van der Waals surface area (Å²) in [5.41, 5.74) is -3.61. The van der Waals surface area contributed by atoms with Gasteiger partial charge in [0.2, 0.25) is 0 Å². The standard InChI is InChI=1S/C14H10F3NO2S/c15-14(16,17)21-10-5-3-4-9(8-10)18-12-7-2-1-6-11(12)13(19)20/h1-8,18H,(H,19,20). The predicted molar refractivity (Wildman–Crippen MR) is 75.0 cm³/mol. The van der Waals surface area contributed by atoms with Gasteiger partial charge in [-0.3, -0.25) is 0 Å². The minimum absolute atomic E-state index is 0.0281. The van der Waals surface area contributed by atoms with Gasteiger partial charge in [0.05, 0.1) is 11.3 Å². The highest BCUT2D eigenvalue weighted by molar-refractivity contribution is 8.00. The number of thioether (sulfide) groups is 1. The Bertz CT molecular complexity index is 659. The molecular formula is C14H10F3NO2S. The molecule has 0 heterocycles. The zero-order valence-corrected chi connectivity index (χ0v) is 11.3. The summed E-state index contributed by atoms with van der Waals surface area (Å²) >= 11 is -0.220. The number of aromatic carboxylic acids is 1. The first-order valence-corrected chi connectivity index (χ1v) is 6.62. The number of carbonyl (C=O) groups is 1. The molecule has 0 spiro atoms. The second-order valence-corrected chi connectivity index (χ2v) is 5.19. The van der Waals surface area contributed by atoms with E-state index in [1.165, 1.54) is 24.3 Å². The quantitative estimate of drug-likeness (QED) is 0.800. The summed E-state index contributed by atoms with van der Waals surface area (Å²) in [6, 6.07) is 11.9. The predicted octanol–water partition coefficient (Wildman–Crippen LogP) is 4.74. The molecule has 0 aromatic heterocycles. The molecule has 0 aliphatic carbocycles. The molecular weight excluding hydrogens is 303 g/mol. The lowest BCUT2D eigenvalue weighted by molar-refractivity contribution is -0.0328. The Labute approximate surface area is 122 Å². The molecule has 0 aliphatic heterocycles. The van der Waals surface area contributed by atoms with Gasteiger partial charge in [0, 0.05) is 10.6 Å². The number of para-hydroxylation sites is 1. The van der Waals surface area contributed by atoms with Crippen molar-refractivity contribution in [2.45, 2.75) is 10.4 Å². The number of hydrogen-bond donors (Lipinski definition) is 2. The van der Waals surface area contributed by atoms with Crippen molar-refractivity contribution >= 4 is 29.1 Å². The molecule has 0 saturated heterocycles. The van der Waals surface area contributed by atoms with Crippen molar-refractivity contribution in [3.63, 3.8) is 0 Å². The summed E-state index contributed by atoms with van der Waals surface area (Å²) < 4.78 is 37.0. The van der Waals surface area contributed by atoms with Crippen LogP contribution in [0.1, 0.15) is 10.4 Å². The summed E-state index contributed by atoms with van der Waals surface area (Å²) in [5.74, 6) is -1.11. The topological polar surface area (TPSA) is 49.3 Å². The Morgan fingerprint density at radius 2 is 1.81 bits per heavy atom. The minimum atomic E-state index is -4.36. The maximum atomic E-state index is 12.3. The Kier molecular flexibility index (Phi) is 4.42. The largest absolute Gasteiger partial charge is 0.478 e. The van der Waals surface area contributed by atoms with Gasteiger partial charge in [0.25, 0.3) is 0 Å². The first kappa shape index (κ1) is 15.2. The Balaban J connectivity index is 2.25. The van der Waals surface area contributed by atoms with Gasteiger partial charge in [0.1, 0.15) is 0 Å². The van der Waals surface area contributed by atoms with Crippen LogP contribution in [0.25, 0.3) is 0 Å². The Morgan fingerprint density at radius 1 is 1.10 bits per heavy atom. The number of carboxylic acids is 1. The molecule has 2 N–H and O–H groups in total. The highest BCUT2D eigenvalue weighted by atomic mass is 32.2. The van der Waals surface area contributed by atoms with E-state index in [0.29, 0.717) is 11.4 Å². The summed E-state index contributed by atoms with van der Waals surface area (Å²) in [5, 5.41) is 11.9.